The Bertz CT molecular complexity index is 200. The quantitative estimate of drug-likeness (QED) is 0.662. The third-order valence-corrected chi connectivity index (χ3v) is 3.76. The van der Waals surface area contributed by atoms with E-state index in [4.69, 9.17) is 9.47 Å². The summed E-state index contributed by atoms with van der Waals surface area (Å²) in [6.45, 7) is 6.15. The minimum atomic E-state index is 0.416. The summed E-state index contributed by atoms with van der Waals surface area (Å²) in [5, 5.41) is 3.55. The summed E-state index contributed by atoms with van der Waals surface area (Å²) in [5.41, 5.74) is 0. The van der Waals surface area contributed by atoms with Gasteiger partial charge in [0.1, 0.15) is 0 Å². The van der Waals surface area contributed by atoms with Gasteiger partial charge in [-0.25, -0.2) is 0 Å². The first-order valence-corrected chi connectivity index (χ1v) is 7.27. The van der Waals surface area contributed by atoms with Crippen LogP contribution in [0.1, 0.15) is 45.4 Å². The van der Waals surface area contributed by atoms with Crippen molar-refractivity contribution in [3.63, 3.8) is 0 Å². The molecule has 1 N–H and O–H groups in total. The Morgan fingerprint density at radius 1 is 1.24 bits per heavy atom. The van der Waals surface area contributed by atoms with Gasteiger partial charge in [-0.1, -0.05) is 0 Å². The monoisotopic (exact) mass is 241 g/mol. The van der Waals surface area contributed by atoms with Gasteiger partial charge in [0, 0.05) is 25.9 Å². The number of hydrogen-bond acceptors (Lipinski definition) is 3. The first kappa shape index (κ1) is 13.3. The van der Waals surface area contributed by atoms with Crippen LogP contribution in [0, 0.1) is 5.92 Å². The lowest BCUT2D eigenvalue weighted by molar-refractivity contribution is -0.00764. The molecule has 1 saturated carbocycles. The second-order valence-corrected chi connectivity index (χ2v) is 5.57. The van der Waals surface area contributed by atoms with E-state index in [-0.39, 0.29) is 0 Å². The van der Waals surface area contributed by atoms with Gasteiger partial charge in [-0.2, -0.15) is 0 Å². The number of rotatable bonds is 8. The zero-order chi connectivity index (χ0) is 11.9. The van der Waals surface area contributed by atoms with Gasteiger partial charge in [0.2, 0.25) is 0 Å². The van der Waals surface area contributed by atoms with Crippen LogP contribution in [0.3, 0.4) is 0 Å². The van der Waals surface area contributed by atoms with Crippen molar-refractivity contribution in [2.45, 2.75) is 57.6 Å². The minimum Gasteiger partial charge on any atom is -0.381 e. The molecule has 100 valence electrons. The summed E-state index contributed by atoms with van der Waals surface area (Å²) in [4.78, 5) is 0. The highest BCUT2D eigenvalue weighted by atomic mass is 16.5. The van der Waals surface area contributed by atoms with Crippen molar-refractivity contribution >= 4 is 0 Å². The highest BCUT2D eigenvalue weighted by Gasteiger charge is 2.19. The smallest absolute Gasteiger partial charge is 0.0547 e. The molecular formula is C14H27NO2. The largest absolute Gasteiger partial charge is 0.381 e. The maximum Gasteiger partial charge on any atom is 0.0547 e. The Balaban J connectivity index is 1.43. The highest BCUT2D eigenvalue weighted by molar-refractivity contribution is 4.80. The fraction of sp³-hybridized carbons (Fsp3) is 1.00. The molecule has 3 heteroatoms. The van der Waals surface area contributed by atoms with Crippen molar-refractivity contribution in [2.75, 3.05) is 26.4 Å². The molecule has 1 saturated heterocycles. The second kappa shape index (κ2) is 7.34. The van der Waals surface area contributed by atoms with Crippen LogP contribution in [-0.4, -0.2) is 38.5 Å². The van der Waals surface area contributed by atoms with Crippen molar-refractivity contribution in [2.24, 2.45) is 5.92 Å². The topological polar surface area (TPSA) is 30.5 Å². The lowest BCUT2D eigenvalue weighted by Crippen LogP contribution is -2.23. The molecule has 2 aliphatic rings. The molecule has 3 nitrogen and oxygen atoms in total. The Kier molecular flexibility index (Phi) is 5.75. The zero-order valence-electron chi connectivity index (χ0n) is 11.1. The van der Waals surface area contributed by atoms with Gasteiger partial charge in [0.05, 0.1) is 6.10 Å². The van der Waals surface area contributed by atoms with Gasteiger partial charge in [-0.15, -0.1) is 0 Å². The molecule has 0 aromatic carbocycles. The van der Waals surface area contributed by atoms with Crippen molar-refractivity contribution in [1.29, 1.82) is 0 Å². The molecule has 2 rings (SSSR count). The third kappa shape index (κ3) is 5.84. The summed E-state index contributed by atoms with van der Waals surface area (Å²) < 4.78 is 11.3. The molecule has 0 radical (unpaired) electrons. The van der Waals surface area contributed by atoms with Crippen molar-refractivity contribution in [1.82, 2.24) is 5.32 Å². The first-order valence-electron chi connectivity index (χ1n) is 7.27. The average Bonchev–Trinajstić information content (AvgIpc) is 3.17. The first-order chi connectivity index (χ1) is 8.34. The molecule has 0 amide bonds. The third-order valence-electron chi connectivity index (χ3n) is 3.76. The molecule has 1 atom stereocenters. The van der Waals surface area contributed by atoms with Gasteiger partial charge < -0.3 is 14.8 Å². The predicted octanol–water partition coefficient (Wildman–Crippen LogP) is 2.35. The van der Waals surface area contributed by atoms with Gasteiger partial charge in [0.25, 0.3) is 0 Å². The van der Waals surface area contributed by atoms with Crippen LogP contribution in [-0.2, 0) is 9.47 Å². The Labute approximate surface area is 105 Å². The van der Waals surface area contributed by atoms with Crippen LogP contribution in [0.15, 0.2) is 0 Å². The normalized spacial score (nSPS) is 23.8. The molecule has 0 bridgehead atoms. The number of hydrogen-bond donors (Lipinski definition) is 1. The molecule has 1 unspecified atom stereocenters. The lowest BCUT2D eigenvalue weighted by Gasteiger charge is -2.23. The van der Waals surface area contributed by atoms with E-state index >= 15 is 0 Å². The standard InChI is InChI=1S/C14H27NO2/c1-12(3-2-8-15-14-4-5-14)17-11-13-6-9-16-10-7-13/h12-15H,2-11H2,1H3. The van der Waals surface area contributed by atoms with E-state index < -0.39 is 0 Å². The molecule has 2 fully saturated rings. The van der Waals surface area contributed by atoms with E-state index in [0.717, 1.165) is 38.3 Å². The van der Waals surface area contributed by atoms with Crippen LogP contribution < -0.4 is 5.32 Å². The van der Waals surface area contributed by atoms with Crippen molar-refractivity contribution in [3.05, 3.63) is 0 Å². The zero-order valence-corrected chi connectivity index (χ0v) is 11.1. The van der Waals surface area contributed by atoms with Crippen LogP contribution in [0.25, 0.3) is 0 Å². The van der Waals surface area contributed by atoms with Gasteiger partial charge in [-0.05, 0) is 57.9 Å². The van der Waals surface area contributed by atoms with Crippen molar-refractivity contribution < 1.29 is 9.47 Å². The minimum absolute atomic E-state index is 0.416. The molecule has 1 aliphatic heterocycles. The summed E-state index contributed by atoms with van der Waals surface area (Å²) >= 11 is 0. The Morgan fingerprint density at radius 3 is 2.71 bits per heavy atom. The SMILES string of the molecule is CC(CCCNC1CC1)OCC1CCOCC1. The number of ether oxygens (including phenoxy) is 2. The summed E-state index contributed by atoms with van der Waals surface area (Å²) in [6.07, 6.45) is 7.96. The van der Waals surface area contributed by atoms with E-state index in [2.05, 4.69) is 12.2 Å². The summed E-state index contributed by atoms with van der Waals surface area (Å²) in [6, 6.07) is 0.841. The highest BCUT2D eigenvalue weighted by Crippen LogP contribution is 2.19. The second-order valence-electron chi connectivity index (χ2n) is 5.57. The summed E-state index contributed by atoms with van der Waals surface area (Å²) in [7, 11) is 0. The average molecular weight is 241 g/mol. The maximum absolute atomic E-state index is 5.92. The van der Waals surface area contributed by atoms with Crippen LogP contribution in [0.5, 0.6) is 0 Å². The fourth-order valence-corrected chi connectivity index (χ4v) is 2.28. The molecule has 0 aromatic heterocycles. The van der Waals surface area contributed by atoms with Crippen molar-refractivity contribution in [3.8, 4) is 0 Å². The van der Waals surface area contributed by atoms with Gasteiger partial charge in [0.15, 0.2) is 0 Å². The summed E-state index contributed by atoms with van der Waals surface area (Å²) in [5.74, 6) is 0.732. The predicted molar refractivity (Wildman–Crippen MR) is 69.2 cm³/mol. The number of nitrogens with one attached hydrogen (secondary N) is 1. The van der Waals surface area contributed by atoms with Gasteiger partial charge in [-0.3, -0.25) is 0 Å². The molecule has 0 spiro atoms. The Morgan fingerprint density at radius 2 is 2.00 bits per heavy atom. The van der Waals surface area contributed by atoms with E-state index in [1.165, 1.54) is 38.5 Å². The van der Waals surface area contributed by atoms with E-state index in [1.807, 2.05) is 0 Å². The fourth-order valence-electron chi connectivity index (χ4n) is 2.28. The van der Waals surface area contributed by atoms with E-state index in [1.54, 1.807) is 0 Å². The van der Waals surface area contributed by atoms with Gasteiger partial charge >= 0.3 is 0 Å². The van der Waals surface area contributed by atoms with E-state index in [0.29, 0.717) is 6.10 Å². The van der Waals surface area contributed by atoms with Crippen LogP contribution >= 0.6 is 0 Å². The molecule has 1 aliphatic carbocycles. The van der Waals surface area contributed by atoms with E-state index in [9.17, 15) is 0 Å². The van der Waals surface area contributed by atoms with Crippen LogP contribution in [0.2, 0.25) is 0 Å². The Hall–Kier alpha value is -0.120. The lowest BCUT2D eigenvalue weighted by atomic mass is 10.0. The maximum atomic E-state index is 5.92. The molecular weight excluding hydrogens is 214 g/mol. The molecule has 1 heterocycles. The molecule has 0 aromatic rings. The van der Waals surface area contributed by atoms with Crippen LogP contribution in [0.4, 0.5) is 0 Å². The molecule has 17 heavy (non-hydrogen) atoms.